The molecule has 4 nitrogen and oxygen atoms in total. The van der Waals surface area contributed by atoms with Crippen molar-refractivity contribution >= 4 is 5.82 Å². The van der Waals surface area contributed by atoms with Gasteiger partial charge in [0.25, 0.3) is 0 Å². The molecule has 0 unspecified atom stereocenters. The van der Waals surface area contributed by atoms with Gasteiger partial charge in [-0.1, -0.05) is 32.4 Å². The van der Waals surface area contributed by atoms with Crippen LogP contribution in [-0.4, -0.2) is 23.1 Å². The minimum atomic E-state index is 0.553. The third-order valence-electron chi connectivity index (χ3n) is 2.50. The van der Waals surface area contributed by atoms with Crippen molar-refractivity contribution in [1.29, 1.82) is 0 Å². The number of aromatic nitrogens is 2. The molecule has 1 heterocycles. The van der Waals surface area contributed by atoms with E-state index in [1.807, 2.05) is 19.1 Å². The smallest absolute Gasteiger partial charge is 0.222 e. The molecule has 100 valence electrons. The maximum atomic E-state index is 5.67. The summed E-state index contributed by atoms with van der Waals surface area (Å²) in [7, 11) is 0. The van der Waals surface area contributed by atoms with Crippen molar-refractivity contribution in [1.82, 2.24) is 9.97 Å². The number of anilines is 1. The standard InChI is InChI=1S/C14H23N3O/c1-4-7-10-18-14-12(8-5-2)13(15-9-6-3)16-11-17-14/h4,7,11H,5-6,8-10H2,1-3H3,(H,15,16,17)/b7-4+. The molecule has 1 rings (SSSR count). The third-order valence-corrected chi connectivity index (χ3v) is 2.50. The Kier molecular flexibility index (Phi) is 6.84. The monoisotopic (exact) mass is 249 g/mol. The summed E-state index contributed by atoms with van der Waals surface area (Å²) in [5.74, 6) is 1.60. The van der Waals surface area contributed by atoms with Crippen LogP contribution in [0.2, 0.25) is 0 Å². The summed E-state index contributed by atoms with van der Waals surface area (Å²) in [6, 6.07) is 0. The maximum Gasteiger partial charge on any atom is 0.222 e. The van der Waals surface area contributed by atoms with Crippen molar-refractivity contribution in [2.24, 2.45) is 0 Å². The predicted molar refractivity (Wildman–Crippen MR) is 75.1 cm³/mol. The number of nitrogens with zero attached hydrogens (tertiary/aromatic N) is 2. The van der Waals surface area contributed by atoms with E-state index < -0.39 is 0 Å². The highest BCUT2D eigenvalue weighted by Crippen LogP contribution is 2.23. The summed E-state index contributed by atoms with van der Waals surface area (Å²) >= 11 is 0. The van der Waals surface area contributed by atoms with Gasteiger partial charge >= 0.3 is 0 Å². The van der Waals surface area contributed by atoms with E-state index in [2.05, 4.69) is 29.1 Å². The van der Waals surface area contributed by atoms with Gasteiger partial charge in [-0.25, -0.2) is 9.97 Å². The van der Waals surface area contributed by atoms with Crippen LogP contribution in [0.3, 0.4) is 0 Å². The van der Waals surface area contributed by atoms with E-state index in [0.717, 1.165) is 37.2 Å². The number of hydrogen-bond donors (Lipinski definition) is 1. The molecule has 0 spiro atoms. The van der Waals surface area contributed by atoms with Crippen LogP contribution in [0.15, 0.2) is 18.5 Å². The number of rotatable bonds is 8. The van der Waals surface area contributed by atoms with Gasteiger partial charge in [-0.15, -0.1) is 0 Å². The Morgan fingerprint density at radius 2 is 2.11 bits per heavy atom. The Bertz CT molecular complexity index is 377. The first-order valence-electron chi connectivity index (χ1n) is 6.65. The molecule has 4 heteroatoms. The van der Waals surface area contributed by atoms with Gasteiger partial charge in [-0.2, -0.15) is 0 Å². The molecule has 0 saturated carbocycles. The van der Waals surface area contributed by atoms with E-state index in [4.69, 9.17) is 4.74 Å². The predicted octanol–water partition coefficient (Wildman–Crippen LogP) is 3.21. The second-order valence-corrected chi connectivity index (χ2v) is 4.06. The zero-order chi connectivity index (χ0) is 13.2. The summed E-state index contributed by atoms with van der Waals surface area (Å²) in [5.41, 5.74) is 1.08. The van der Waals surface area contributed by atoms with Gasteiger partial charge < -0.3 is 10.1 Å². The van der Waals surface area contributed by atoms with Crippen molar-refractivity contribution < 1.29 is 4.74 Å². The first kappa shape index (κ1) is 14.5. The number of allylic oxidation sites excluding steroid dienone is 1. The van der Waals surface area contributed by atoms with Gasteiger partial charge in [0.05, 0.1) is 5.56 Å². The highest BCUT2D eigenvalue weighted by Gasteiger charge is 2.11. The molecule has 0 aliphatic carbocycles. The molecule has 0 bridgehead atoms. The lowest BCUT2D eigenvalue weighted by atomic mass is 10.1. The third kappa shape index (κ3) is 4.35. The Hall–Kier alpha value is -1.58. The van der Waals surface area contributed by atoms with Crippen molar-refractivity contribution in [2.45, 2.75) is 40.0 Å². The summed E-state index contributed by atoms with van der Waals surface area (Å²) in [5, 5.41) is 3.33. The molecular weight excluding hydrogens is 226 g/mol. The molecule has 0 amide bonds. The quantitative estimate of drug-likeness (QED) is 0.719. The first-order valence-corrected chi connectivity index (χ1v) is 6.65. The zero-order valence-corrected chi connectivity index (χ0v) is 11.6. The van der Waals surface area contributed by atoms with Crippen LogP contribution in [0, 0.1) is 0 Å². The molecule has 18 heavy (non-hydrogen) atoms. The second-order valence-electron chi connectivity index (χ2n) is 4.06. The van der Waals surface area contributed by atoms with Crippen LogP contribution in [0.4, 0.5) is 5.82 Å². The highest BCUT2D eigenvalue weighted by molar-refractivity contribution is 5.48. The van der Waals surface area contributed by atoms with E-state index >= 15 is 0 Å². The molecule has 0 saturated heterocycles. The largest absolute Gasteiger partial charge is 0.473 e. The Labute approximate surface area is 109 Å². The molecule has 0 aliphatic rings. The molecule has 1 aromatic heterocycles. The molecule has 1 N–H and O–H groups in total. The van der Waals surface area contributed by atoms with E-state index in [1.54, 1.807) is 6.33 Å². The molecule has 0 radical (unpaired) electrons. The fourth-order valence-electron chi connectivity index (χ4n) is 1.61. The van der Waals surface area contributed by atoms with Gasteiger partial charge in [0.2, 0.25) is 5.88 Å². The average molecular weight is 249 g/mol. The number of nitrogens with one attached hydrogen (secondary N) is 1. The van der Waals surface area contributed by atoms with Gasteiger partial charge in [0.1, 0.15) is 18.8 Å². The van der Waals surface area contributed by atoms with E-state index in [0.29, 0.717) is 12.5 Å². The number of ether oxygens (including phenoxy) is 1. The van der Waals surface area contributed by atoms with Crippen LogP contribution in [-0.2, 0) is 6.42 Å². The summed E-state index contributed by atoms with van der Waals surface area (Å²) in [6.45, 7) is 7.73. The van der Waals surface area contributed by atoms with Crippen LogP contribution < -0.4 is 10.1 Å². The Balaban J connectivity index is 2.85. The van der Waals surface area contributed by atoms with Crippen LogP contribution in [0.25, 0.3) is 0 Å². The topological polar surface area (TPSA) is 47.0 Å². The zero-order valence-electron chi connectivity index (χ0n) is 11.6. The fraction of sp³-hybridized carbons (Fsp3) is 0.571. The molecule has 0 aromatic carbocycles. The van der Waals surface area contributed by atoms with Gasteiger partial charge in [-0.05, 0) is 19.8 Å². The minimum Gasteiger partial charge on any atom is -0.473 e. The lowest BCUT2D eigenvalue weighted by molar-refractivity contribution is 0.343. The van der Waals surface area contributed by atoms with Gasteiger partial charge in [0.15, 0.2) is 0 Å². The molecule has 0 aliphatic heterocycles. The highest BCUT2D eigenvalue weighted by atomic mass is 16.5. The van der Waals surface area contributed by atoms with Crippen molar-refractivity contribution in [3.05, 3.63) is 24.0 Å². The lowest BCUT2D eigenvalue weighted by Gasteiger charge is -2.13. The van der Waals surface area contributed by atoms with Gasteiger partial charge in [0, 0.05) is 6.54 Å². The summed E-state index contributed by atoms with van der Waals surface area (Å²) < 4.78 is 5.67. The van der Waals surface area contributed by atoms with E-state index in [9.17, 15) is 0 Å². The van der Waals surface area contributed by atoms with Gasteiger partial charge in [-0.3, -0.25) is 0 Å². The van der Waals surface area contributed by atoms with Crippen molar-refractivity contribution in [2.75, 3.05) is 18.5 Å². The average Bonchev–Trinajstić information content (AvgIpc) is 2.39. The Morgan fingerprint density at radius 1 is 1.28 bits per heavy atom. The molecule has 0 atom stereocenters. The number of hydrogen-bond acceptors (Lipinski definition) is 4. The normalized spacial score (nSPS) is 10.8. The first-order chi connectivity index (χ1) is 8.83. The van der Waals surface area contributed by atoms with Crippen molar-refractivity contribution in [3.63, 3.8) is 0 Å². The summed E-state index contributed by atoms with van der Waals surface area (Å²) in [6.07, 6.45) is 8.55. The molecular formula is C14H23N3O. The lowest BCUT2D eigenvalue weighted by Crippen LogP contribution is -2.09. The fourth-order valence-corrected chi connectivity index (χ4v) is 1.61. The molecule has 1 aromatic rings. The van der Waals surface area contributed by atoms with Crippen molar-refractivity contribution in [3.8, 4) is 5.88 Å². The van der Waals surface area contributed by atoms with Crippen LogP contribution >= 0.6 is 0 Å². The molecule has 0 fully saturated rings. The van der Waals surface area contributed by atoms with E-state index in [1.165, 1.54) is 0 Å². The SMILES string of the molecule is C/C=C/COc1ncnc(NCCC)c1CCC. The van der Waals surface area contributed by atoms with Crippen LogP contribution in [0.1, 0.15) is 39.2 Å². The maximum absolute atomic E-state index is 5.67. The minimum absolute atomic E-state index is 0.553. The Morgan fingerprint density at radius 3 is 2.78 bits per heavy atom. The van der Waals surface area contributed by atoms with E-state index in [-0.39, 0.29) is 0 Å². The van der Waals surface area contributed by atoms with Crippen LogP contribution in [0.5, 0.6) is 5.88 Å². The second kappa shape index (κ2) is 8.50. The summed E-state index contributed by atoms with van der Waals surface area (Å²) in [4.78, 5) is 8.53.